The molecule has 0 aromatic heterocycles. The minimum atomic E-state index is -1.26. The Labute approximate surface area is 94.0 Å². The summed E-state index contributed by atoms with van der Waals surface area (Å²) >= 11 is 2.90. The molecule has 0 saturated heterocycles. The van der Waals surface area contributed by atoms with Crippen LogP contribution in [0.15, 0.2) is 10.5 Å². The van der Waals surface area contributed by atoms with Crippen molar-refractivity contribution in [3.05, 3.63) is 27.7 Å². The molecule has 0 amide bonds. The van der Waals surface area contributed by atoms with Crippen LogP contribution in [-0.4, -0.2) is 12.2 Å². The van der Waals surface area contributed by atoms with Crippen LogP contribution in [0.1, 0.15) is 18.4 Å². The SMILES string of the molecule is COc1c(F)cc(Br)c(F)c1C1(O)CC1. The molecule has 1 aliphatic rings. The van der Waals surface area contributed by atoms with Gasteiger partial charge in [-0.1, -0.05) is 0 Å². The van der Waals surface area contributed by atoms with Gasteiger partial charge in [-0.15, -0.1) is 0 Å². The van der Waals surface area contributed by atoms with Gasteiger partial charge in [0.2, 0.25) is 0 Å². The summed E-state index contributed by atoms with van der Waals surface area (Å²) in [5, 5.41) is 9.83. The number of halogens is 3. The fourth-order valence-electron chi connectivity index (χ4n) is 1.56. The average Bonchev–Trinajstić information content (AvgIpc) is 2.90. The number of hydrogen-bond acceptors (Lipinski definition) is 2. The van der Waals surface area contributed by atoms with Gasteiger partial charge in [0, 0.05) is 0 Å². The van der Waals surface area contributed by atoms with Crippen molar-refractivity contribution in [1.82, 2.24) is 0 Å². The quantitative estimate of drug-likeness (QED) is 0.843. The normalized spacial score (nSPS) is 17.7. The van der Waals surface area contributed by atoms with Gasteiger partial charge in [-0.2, -0.15) is 0 Å². The zero-order valence-corrected chi connectivity index (χ0v) is 9.57. The van der Waals surface area contributed by atoms with Crippen molar-refractivity contribution in [3.63, 3.8) is 0 Å². The highest BCUT2D eigenvalue weighted by Crippen LogP contribution is 2.51. The lowest BCUT2D eigenvalue weighted by atomic mass is 10.1. The Morgan fingerprint density at radius 1 is 1.47 bits per heavy atom. The van der Waals surface area contributed by atoms with Gasteiger partial charge in [0.1, 0.15) is 5.82 Å². The zero-order valence-electron chi connectivity index (χ0n) is 7.98. The lowest BCUT2D eigenvalue weighted by molar-refractivity contribution is 0.141. The predicted octanol–water partition coefficient (Wildman–Crippen LogP) is 2.72. The van der Waals surface area contributed by atoms with Crippen molar-refractivity contribution in [3.8, 4) is 5.75 Å². The molecule has 1 saturated carbocycles. The van der Waals surface area contributed by atoms with Gasteiger partial charge in [0.25, 0.3) is 0 Å². The number of aliphatic hydroxyl groups is 1. The van der Waals surface area contributed by atoms with Crippen LogP contribution in [-0.2, 0) is 5.60 Å². The lowest BCUT2D eigenvalue weighted by Gasteiger charge is -2.15. The molecule has 1 fully saturated rings. The summed E-state index contributed by atoms with van der Waals surface area (Å²) in [5.74, 6) is -1.55. The molecule has 1 aliphatic carbocycles. The van der Waals surface area contributed by atoms with E-state index in [1.807, 2.05) is 0 Å². The maximum absolute atomic E-state index is 13.7. The Bertz CT molecular complexity index is 416. The maximum Gasteiger partial charge on any atom is 0.166 e. The van der Waals surface area contributed by atoms with E-state index in [0.29, 0.717) is 12.8 Å². The summed E-state index contributed by atoms with van der Waals surface area (Å²) in [6, 6.07) is 0.989. The molecular formula is C10H9BrF2O2. The van der Waals surface area contributed by atoms with E-state index in [-0.39, 0.29) is 15.8 Å². The van der Waals surface area contributed by atoms with Crippen molar-refractivity contribution < 1.29 is 18.6 Å². The third kappa shape index (κ3) is 1.63. The van der Waals surface area contributed by atoms with Gasteiger partial charge in [-0.25, -0.2) is 8.78 Å². The van der Waals surface area contributed by atoms with Gasteiger partial charge < -0.3 is 9.84 Å². The molecule has 0 radical (unpaired) electrons. The first-order valence-corrected chi connectivity index (χ1v) is 5.23. The van der Waals surface area contributed by atoms with E-state index in [1.54, 1.807) is 0 Å². The minimum Gasteiger partial charge on any atom is -0.493 e. The van der Waals surface area contributed by atoms with Crippen LogP contribution in [0, 0.1) is 11.6 Å². The second-order valence-corrected chi connectivity index (χ2v) is 4.45. The fraction of sp³-hybridized carbons (Fsp3) is 0.400. The van der Waals surface area contributed by atoms with Gasteiger partial charge in [-0.3, -0.25) is 0 Å². The third-order valence-electron chi connectivity index (χ3n) is 2.52. The Kier molecular flexibility index (Phi) is 2.47. The summed E-state index contributed by atoms with van der Waals surface area (Å²) in [6.45, 7) is 0. The van der Waals surface area contributed by atoms with E-state index in [9.17, 15) is 13.9 Å². The molecule has 2 nitrogen and oxygen atoms in total. The molecular weight excluding hydrogens is 270 g/mol. The molecule has 0 heterocycles. The van der Waals surface area contributed by atoms with Crippen LogP contribution in [0.5, 0.6) is 5.75 Å². The summed E-state index contributed by atoms with van der Waals surface area (Å²) in [7, 11) is 1.25. The molecule has 0 unspecified atom stereocenters. The summed E-state index contributed by atoms with van der Waals surface area (Å²) < 4.78 is 31.9. The fourth-order valence-corrected chi connectivity index (χ4v) is 1.96. The lowest BCUT2D eigenvalue weighted by Crippen LogP contribution is -2.11. The van der Waals surface area contributed by atoms with Gasteiger partial charge in [-0.05, 0) is 34.8 Å². The van der Waals surface area contributed by atoms with E-state index in [2.05, 4.69) is 15.9 Å². The monoisotopic (exact) mass is 278 g/mol. The molecule has 0 spiro atoms. The topological polar surface area (TPSA) is 29.5 Å². The standard InChI is InChI=1S/C10H9BrF2O2/c1-15-9-6(12)4-5(11)8(13)7(9)10(14)2-3-10/h4,14H,2-3H2,1H3. The maximum atomic E-state index is 13.7. The Balaban J connectivity index is 2.68. The van der Waals surface area contributed by atoms with Gasteiger partial charge in [0.15, 0.2) is 11.6 Å². The zero-order chi connectivity index (χ0) is 11.2. The molecule has 15 heavy (non-hydrogen) atoms. The molecule has 1 aromatic rings. The highest BCUT2D eigenvalue weighted by atomic mass is 79.9. The largest absolute Gasteiger partial charge is 0.493 e. The van der Waals surface area contributed by atoms with Crippen LogP contribution in [0.2, 0.25) is 0 Å². The van der Waals surface area contributed by atoms with E-state index in [0.717, 1.165) is 6.07 Å². The molecule has 0 bridgehead atoms. The van der Waals surface area contributed by atoms with Crippen molar-refractivity contribution in [2.45, 2.75) is 18.4 Å². The predicted molar refractivity (Wildman–Crippen MR) is 53.7 cm³/mol. The molecule has 82 valence electrons. The number of hydrogen-bond donors (Lipinski definition) is 1. The second kappa shape index (κ2) is 3.42. The first kappa shape index (κ1) is 10.8. The number of ether oxygens (including phenoxy) is 1. The number of benzene rings is 1. The van der Waals surface area contributed by atoms with Crippen LogP contribution in [0.3, 0.4) is 0 Å². The molecule has 5 heteroatoms. The van der Waals surface area contributed by atoms with E-state index in [4.69, 9.17) is 4.74 Å². The van der Waals surface area contributed by atoms with Crippen molar-refractivity contribution in [1.29, 1.82) is 0 Å². The van der Waals surface area contributed by atoms with Gasteiger partial charge >= 0.3 is 0 Å². The summed E-state index contributed by atoms with van der Waals surface area (Å²) in [5.41, 5.74) is -1.35. The average molecular weight is 279 g/mol. The molecule has 1 N–H and O–H groups in total. The number of methoxy groups -OCH3 is 1. The molecule has 0 aliphatic heterocycles. The molecule has 2 rings (SSSR count). The highest BCUT2D eigenvalue weighted by molar-refractivity contribution is 9.10. The van der Waals surface area contributed by atoms with E-state index >= 15 is 0 Å². The minimum absolute atomic E-state index is 0.00359. The Hall–Kier alpha value is -0.680. The van der Waals surface area contributed by atoms with Crippen LogP contribution in [0.25, 0.3) is 0 Å². The van der Waals surface area contributed by atoms with E-state index in [1.165, 1.54) is 7.11 Å². The Morgan fingerprint density at radius 3 is 2.53 bits per heavy atom. The van der Waals surface area contributed by atoms with E-state index < -0.39 is 17.2 Å². The first-order chi connectivity index (χ1) is 6.99. The highest BCUT2D eigenvalue weighted by Gasteiger charge is 2.47. The Morgan fingerprint density at radius 2 is 2.07 bits per heavy atom. The van der Waals surface area contributed by atoms with Crippen LogP contribution in [0.4, 0.5) is 8.78 Å². The van der Waals surface area contributed by atoms with Crippen molar-refractivity contribution in [2.75, 3.05) is 7.11 Å². The van der Waals surface area contributed by atoms with Crippen molar-refractivity contribution >= 4 is 15.9 Å². The van der Waals surface area contributed by atoms with Crippen molar-refractivity contribution in [2.24, 2.45) is 0 Å². The summed E-state index contributed by atoms with van der Waals surface area (Å²) in [4.78, 5) is 0. The van der Waals surface area contributed by atoms with Gasteiger partial charge in [0.05, 0.1) is 22.7 Å². The van der Waals surface area contributed by atoms with Crippen LogP contribution < -0.4 is 4.74 Å². The molecule has 0 atom stereocenters. The van der Waals surface area contributed by atoms with Crippen LogP contribution >= 0.6 is 15.9 Å². The third-order valence-corrected chi connectivity index (χ3v) is 3.10. The second-order valence-electron chi connectivity index (χ2n) is 3.59. The smallest absolute Gasteiger partial charge is 0.166 e. The number of rotatable bonds is 2. The summed E-state index contributed by atoms with van der Waals surface area (Å²) in [6.07, 6.45) is 0.854. The first-order valence-electron chi connectivity index (χ1n) is 4.44. The molecule has 1 aromatic carbocycles.